The van der Waals surface area contributed by atoms with Gasteiger partial charge in [0.1, 0.15) is 11.4 Å². The molecule has 0 saturated heterocycles. The Labute approximate surface area is 130 Å². The van der Waals surface area contributed by atoms with Crippen molar-refractivity contribution in [2.45, 2.75) is 32.9 Å². The summed E-state index contributed by atoms with van der Waals surface area (Å²) in [7, 11) is 0. The number of hydrogen-bond donors (Lipinski definition) is 4. The lowest BCUT2D eigenvalue weighted by Crippen LogP contribution is -2.34. The molecule has 1 amide bonds. The summed E-state index contributed by atoms with van der Waals surface area (Å²) >= 11 is 1.15. The second-order valence-electron chi connectivity index (χ2n) is 5.16. The number of ether oxygens (including phenoxy) is 1. The Balaban J connectivity index is 2.72. The molecule has 0 spiro atoms. The topological polar surface area (TPSA) is 132 Å². The normalized spacial score (nSPS) is 10.7. The number of thiophene rings is 1. The van der Waals surface area contributed by atoms with E-state index in [1.54, 1.807) is 31.6 Å². The molecule has 0 fully saturated rings. The summed E-state index contributed by atoms with van der Waals surface area (Å²) in [5.41, 5.74) is 1.26. The summed E-state index contributed by atoms with van der Waals surface area (Å²) in [6, 6.07) is 1.49. The minimum Gasteiger partial charge on any atom is -0.463 e. The van der Waals surface area contributed by atoms with Crippen molar-refractivity contribution in [1.29, 1.82) is 5.41 Å². The van der Waals surface area contributed by atoms with Crippen LogP contribution in [0.4, 0.5) is 9.59 Å². The van der Waals surface area contributed by atoms with E-state index >= 15 is 0 Å². The first kappa shape index (κ1) is 17.7. The summed E-state index contributed by atoms with van der Waals surface area (Å²) in [5, 5.41) is 27.0. The fourth-order valence-corrected chi connectivity index (χ4v) is 2.15. The van der Waals surface area contributed by atoms with Crippen LogP contribution in [-0.4, -0.2) is 39.1 Å². The molecule has 1 heterocycles. The van der Waals surface area contributed by atoms with Gasteiger partial charge in [0.25, 0.3) is 0 Å². The molecule has 0 aromatic carbocycles. The molecule has 0 aliphatic rings. The van der Waals surface area contributed by atoms with Gasteiger partial charge in [-0.2, -0.15) is 0 Å². The number of nitrogens with zero attached hydrogens (tertiary/aromatic N) is 1. The molecule has 1 rings (SSSR count). The highest BCUT2D eigenvalue weighted by Gasteiger charge is 2.24. The predicted octanol–water partition coefficient (Wildman–Crippen LogP) is 2.40. The number of hydroxylamine groups is 3. The molecule has 4 N–H and O–H groups in total. The summed E-state index contributed by atoms with van der Waals surface area (Å²) in [6.45, 7) is 4.65. The maximum Gasteiger partial charge on any atom is 0.534 e. The van der Waals surface area contributed by atoms with Crippen LogP contribution in [0.3, 0.4) is 0 Å². The lowest BCUT2D eigenvalue weighted by atomic mass is 10.2. The third-order valence-corrected chi connectivity index (χ3v) is 3.06. The van der Waals surface area contributed by atoms with E-state index < -0.39 is 17.8 Å². The van der Waals surface area contributed by atoms with Crippen molar-refractivity contribution in [2.24, 2.45) is 0 Å². The monoisotopic (exact) mass is 331 g/mol. The van der Waals surface area contributed by atoms with Crippen LogP contribution in [0, 0.1) is 5.41 Å². The Morgan fingerprint density at radius 1 is 1.45 bits per heavy atom. The van der Waals surface area contributed by atoms with Crippen LogP contribution in [0.1, 0.15) is 31.2 Å². The fraction of sp³-hybridized carbons (Fsp3) is 0.417. The zero-order chi connectivity index (χ0) is 16.9. The average Bonchev–Trinajstić information content (AvgIpc) is 2.83. The molecule has 122 valence electrons. The summed E-state index contributed by atoms with van der Waals surface area (Å²) in [5.74, 6) is -0.225. The van der Waals surface area contributed by atoms with Crippen LogP contribution < -0.4 is 5.48 Å². The summed E-state index contributed by atoms with van der Waals surface area (Å²) in [4.78, 5) is 27.8. The zero-order valence-electron chi connectivity index (χ0n) is 12.2. The molecule has 0 unspecified atom stereocenters. The van der Waals surface area contributed by atoms with E-state index in [0.717, 1.165) is 11.3 Å². The molecule has 9 nitrogen and oxygen atoms in total. The van der Waals surface area contributed by atoms with Gasteiger partial charge in [-0.15, -0.1) is 16.4 Å². The van der Waals surface area contributed by atoms with Crippen LogP contribution in [0.15, 0.2) is 11.4 Å². The molecule has 0 bridgehead atoms. The Kier molecular flexibility index (Phi) is 5.71. The molecule has 10 heteroatoms. The number of carbonyl (C=O) groups is 2. The third kappa shape index (κ3) is 5.58. The Morgan fingerprint density at radius 2 is 2.09 bits per heavy atom. The molecule has 0 aliphatic carbocycles. The van der Waals surface area contributed by atoms with Gasteiger partial charge >= 0.3 is 12.2 Å². The standard InChI is InChI=1S/C12H17N3O6S/c1-12(2,3)20-11(18)21-15(10(16)17)5-8-4-7(6-22-8)9(13)14-19/h4,6,19H,5H2,1-3H3,(H2,13,14)(H,16,17). The van der Waals surface area contributed by atoms with Gasteiger partial charge in [-0.3, -0.25) is 20.9 Å². The first-order valence-electron chi connectivity index (χ1n) is 6.10. The Morgan fingerprint density at radius 3 is 2.59 bits per heavy atom. The molecule has 0 saturated carbocycles. The second-order valence-corrected chi connectivity index (χ2v) is 6.16. The minimum atomic E-state index is -1.46. The van der Waals surface area contributed by atoms with Gasteiger partial charge in [-0.1, -0.05) is 0 Å². The van der Waals surface area contributed by atoms with Crippen molar-refractivity contribution in [3.05, 3.63) is 21.9 Å². The predicted molar refractivity (Wildman–Crippen MR) is 77.0 cm³/mol. The van der Waals surface area contributed by atoms with Crippen molar-refractivity contribution < 1.29 is 29.5 Å². The minimum absolute atomic E-state index is 0.224. The lowest BCUT2D eigenvalue weighted by Gasteiger charge is -2.22. The van der Waals surface area contributed by atoms with Gasteiger partial charge in [-0.05, 0) is 26.8 Å². The van der Waals surface area contributed by atoms with E-state index in [9.17, 15) is 9.59 Å². The lowest BCUT2D eigenvalue weighted by molar-refractivity contribution is -0.126. The third-order valence-electron chi connectivity index (χ3n) is 2.14. The fourth-order valence-electron chi connectivity index (χ4n) is 1.30. The number of nitrogens with one attached hydrogen (secondary N) is 2. The van der Waals surface area contributed by atoms with E-state index in [2.05, 4.69) is 4.84 Å². The van der Waals surface area contributed by atoms with Crippen LogP contribution in [0.2, 0.25) is 0 Å². The quantitative estimate of drug-likeness (QED) is 0.289. The van der Waals surface area contributed by atoms with Crippen molar-refractivity contribution in [2.75, 3.05) is 0 Å². The van der Waals surface area contributed by atoms with Crippen molar-refractivity contribution in [3.8, 4) is 0 Å². The highest BCUT2D eigenvalue weighted by molar-refractivity contribution is 7.10. The molecular weight excluding hydrogens is 314 g/mol. The van der Waals surface area contributed by atoms with Crippen LogP contribution >= 0.6 is 11.3 Å². The largest absolute Gasteiger partial charge is 0.534 e. The average molecular weight is 331 g/mol. The van der Waals surface area contributed by atoms with Crippen molar-refractivity contribution in [1.82, 2.24) is 10.5 Å². The molecule has 0 radical (unpaired) electrons. The van der Waals surface area contributed by atoms with Crippen molar-refractivity contribution in [3.63, 3.8) is 0 Å². The van der Waals surface area contributed by atoms with E-state index in [1.807, 2.05) is 0 Å². The first-order valence-corrected chi connectivity index (χ1v) is 6.98. The number of carbonyl (C=O) groups excluding carboxylic acids is 1. The molecule has 1 aromatic heterocycles. The van der Waals surface area contributed by atoms with E-state index in [4.69, 9.17) is 20.5 Å². The van der Waals surface area contributed by atoms with Gasteiger partial charge < -0.3 is 9.84 Å². The van der Waals surface area contributed by atoms with Gasteiger partial charge in [-0.25, -0.2) is 9.59 Å². The first-order chi connectivity index (χ1) is 10.1. The second kappa shape index (κ2) is 7.09. The van der Waals surface area contributed by atoms with Gasteiger partial charge in [0.15, 0.2) is 0 Å². The SMILES string of the molecule is CC(C)(C)OC(=O)ON(Cc1cc(C(=N)NO)cs1)C(=O)O. The van der Waals surface area contributed by atoms with Crippen LogP contribution in [0.5, 0.6) is 0 Å². The number of amides is 1. The number of amidine groups is 1. The molecule has 1 aromatic rings. The molecule has 22 heavy (non-hydrogen) atoms. The van der Waals surface area contributed by atoms with Crippen LogP contribution in [0.25, 0.3) is 0 Å². The number of carboxylic acid groups (broad SMARTS) is 1. The highest BCUT2D eigenvalue weighted by Crippen LogP contribution is 2.18. The van der Waals surface area contributed by atoms with E-state index in [-0.39, 0.29) is 12.4 Å². The number of hydrogen-bond acceptors (Lipinski definition) is 7. The summed E-state index contributed by atoms with van der Waals surface area (Å²) in [6.07, 6.45) is -2.59. The maximum atomic E-state index is 11.5. The van der Waals surface area contributed by atoms with Gasteiger partial charge in [0.2, 0.25) is 0 Å². The highest BCUT2D eigenvalue weighted by atomic mass is 32.1. The van der Waals surface area contributed by atoms with E-state index in [0.29, 0.717) is 15.5 Å². The number of rotatable bonds is 3. The molecular formula is C12H17N3O6S. The van der Waals surface area contributed by atoms with Gasteiger partial charge in [0.05, 0.1) is 6.54 Å². The Bertz CT molecular complexity index is 565. The molecule has 0 atom stereocenters. The zero-order valence-corrected chi connectivity index (χ0v) is 13.1. The Hall–Kier alpha value is -2.33. The van der Waals surface area contributed by atoms with E-state index in [1.165, 1.54) is 6.07 Å². The molecule has 0 aliphatic heterocycles. The summed E-state index contributed by atoms with van der Waals surface area (Å²) < 4.78 is 4.88. The van der Waals surface area contributed by atoms with Crippen molar-refractivity contribution >= 4 is 29.4 Å². The van der Waals surface area contributed by atoms with Crippen LogP contribution in [-0.2, 0) is 16.1 Å². The maximum absolute atomic E-state index is 11.5. The van der Waals surface area contributed by atoms with Gasteiger partial charge in [0, 0.05) is 15.8 Å². The smallest absolute Gasteiger partial charge is 0.463 e.